The minimum atomic E-state index is -5.00. The van der Waals surface area contributed by atoms with E-state index in [0.717, 1.165) is 173 Å². The summed E-state index contributed by atoms with van der Waals surface area (Å²) >= 11 is 0. The number of unbranched alkanes of at least 4 members (excludes halogenated alkanes) is 21. The molecule has 0 aliphatic rings. The molecule has 592 valence electrons. The fourth-order valence-electron chi connectivity index (χ4n) is 10.1. The maximum Gasteiger partial charge on any atom is 0.472 e. The first kappa shape index (κ1) is 98.7. The zero-order valence-corrected chi connectivity index (χ0v) is 66.4. The topological polar surface area (TPSA) is 237 Å². The summed E-state index contributed by atoms with van der Waals surface area (Å²) in [6.45, 7) is 4.41. The molecule has 0 saturated carbocycles. The van der Waals surface area contributed by atoms with Crippen molar-refractivity contribution in [1.82, 2.24) is 0 Å². The van der Waals surface area contributed by atoms with Crippen molar-refractivity contribution in [2.45, 2.75) is 316 Å². The van der Waals surface area contributed by atoms with Crippen LogP contribution in [-0.2, 0) is 65.4 Å². The van der Waals surface area contributed by atoms with E-state index in [1.54, 1.807) is 0 Å². The molecule has 0 heterocycles. The van der Waals surface area contributed by atoms with Crippen LogP contribution < -0.4 is 0 Å². The lowest BCUT2D eigenvalue weighted by molar-refractivity contribution is -0.161. The first-order chi connectivity index (χ1) is 50.7. The minimum Gasteiger partial charge on any atom is -0.462 e. The highest BCUT2D eigenvalue weighted by atomic mass is 31.2. The Morgan fingerprint density at radius 1 is 0.279 bits per heavy atom. The Bertz CT molecular complexity index is 2590. The molecular weight excluding hydrogens is 1350 g/mol. The third kappa shape index (κ3) is 74.9. The Balaban J connectivity index is 5.42. The van der Waals surface area contributed by atoms with Gasteiger partial charge in [0.15, 0.2) is 12.2 Å². The molecular formula is C85H140O17P2. The van der Waals surface area contributed by atoms with Crippen LogP contribution in [0.4, 0.5) is 0 Å². The quantitative estimate of drug-likeness (QED) is 0.0169. The van der Waals surface area contributed by atoms with E-state index in [2.05, 4.69) is 174 Å². The molecule has 5 atom stereocenters. The van der Waals surface area contributed by atoms with Crippen LogP contribution >= 0.6 is 15.6 Å². The maximum atomic E-state index is 13.1. The van der Waals surface area contributed by atoms with Gasteiger partial charge in [-0.2, -0.15) is 0 Å². The summed E-state index contributed by atoms with van der Waals surface area (Å²) in [5.74, 6) is -2.29. The van der Waals surface area contributed by atoms with Crippen molar-refractivity contribution in [3.05, 3.63) is 158 Å². The number of aliphatic hydroxyl groups is 1. The van der Waals surface area contributed by atoms with Crippen LogP contribution in [0.15, 0.2) is 158 Å². The molecule has 0 bridgehead atoms. The van der Waals surface area contributed by atoms with Crippen molar-refractivity contribution < 1.29 is 80.2 Å². The van der Waals surface area contributed by atoms with Gasteiger partial charge in [-0.1, -0.05) is 288 Å². The number of ether oxygens (including phenoxy) is 4. The molecule has 0 aromatic heterocycles. The fraction of sp³-hybridized carbons (Fsp3) is 0.647. The predicted molar refractivity (Wildman–Crippen MR) is 427 cm³/mol. The number of rotatable bonds is 73. The third-order valence-corrected chi connectivity index (χ3v) is 17.9. The van der Waals surface area contributed by atoms with Crippen molar-refractivity contribution in [3.63, 3.8) is 0 Å². The van der Waals surface area contributed by atoms with Gasteiger partial charge >= 0.3 is 39.5 Å². The molecule has 0 aromatic rings. The second kappa shape index (κ2) is 75.9. The number of carbonyl (C=O) groups is 4. The number of aliphatic hydroxyl groups excluding tert-OH is 1. The van der Waals surface area contributed by atoms with Gasteiger partial charge in [-0.05, 0) is 141 Å². The maximum absolute atomic E-state index is 13.1. The Morgan fingerprint density at radius 3 is 0.808 bits per heavy atom. The van der Waals surface area contributed by atoms with Gasteiger partial charge in [0.25, 0.3) is 0 Å². The predicted octanol–water partition coefficient (Wildman–Crippen LogP) is 23.2. The zero-order valence-electron chi connectivity index (χ0n) is 64.6. The molecule has 0 aliphatic heterocycles. The normalized spacial score (nSPS) is 14.7. The number of hydrogen-bond acceptors (Lipinski definition) is 15. The molecule has 0 aliphatic carbocycles. The molecule has 17 nitrogen and oxygen atoms in total. The molecule has 19 heteroatoms. The van der Waals surface area contributed by atoms with Gasteiger partial charge in [-0.25, -0.2) is 9.13 Å². The third-order valence-electron chi connectivity index (χ3n) is 16.0. The second-order valence-electron chi connectivity index (χ2n) is 25.9. The Labute approximate surface area is 629 Å². The van der Waals surface area contributed by atoms with Crippen LogP contribution in [0.3, 0.4) is 0 Å². The van der Waals surface area contributed by atoms with Crippen molar-refractivity contribution in [3.8, 4) is 0 Å². The summed E-state index contributed by atoms with van der Waals surface area (Å²) in [6.07, 6.45) is 88.0. The van der Waals surface area contributed by atoms with Gasteiger partial charge in [0.1, 0.15) is 19.3 Å². The first-order valence-electron chi connectivity index (χ1n) is 39.7. The van der Waals surface area contributed by atoms with Crippen LogP contribution in [0.5, 0.6) is 0 Å². The van der Waals surface area contributed by atoms with Crippen molar-refractivity contribution >= 4 is 39.5 Å². The number of carbonyl (C=O) groups excluding carboxylic acids is 4. The van der Waals surface area contributed by atoms with Gasteiger partial charge in [-0.15, -0.1) is 0 Å². The largest absolute Gasteiger partial charge is 0.472 e. The molecule has 0 spiro atoms. The number of allylic oxidation sites excluding steroid dienone is 26. The van der Waals surface area contributed by atoms with Crippen molar-refractivity contribution in [1.29, 1.82) is 0 Å². The number of hydrogen-bond donors (Lipinski definition) is 3. The van der Waals surface area contributed by atoms with E-state index in [-0.39, 0.29) is 25.7 Å². The van der Waals surface area contributed by atoms with E-state index in [1.165, 1.54) is 38.5 Å². The molecule has 0 saturated heterocycles. The van der Waals surface area contributed by atoms with Gasteiger partial charge in [-0.3, -0.25) is 37.3 Å². The molecule has 5 unspecified atom stereocenters. The number of phosphoric acid groups is 2. The first-order valence-corrected chi connectivity index (χ1v) is 42.7. The minimum absolute atomic E-state index is 0.00807. The molecule has 0 amide bonds. The highest BCUT2D eigenvalue weighted by Gasteiger charge is 2.30. The Kier molecular flexibility index (Phi) is 72.0. The summed E-state index contributed by atoms with van der Waals surface area (Å²) in [7, 11) is -9.99. The molecule has 0 fully saturated rings. The molecule has 3 N–H and O–H groups in total. The Hall–Kier alpha value is -5.32. The van der Waals surface area contributed by atoms with Crippen LogP contribution in [-0.4, -0.2) is 96.7 Å². The SMILES string of the molecule is CC/C=C\C/C=C\C/C=C\C/C=C\C/C=C\CCCC(=O)OC(COC(=O)CCCCCCCC/C=C\C/C=C\C/C=C\C/C=C\CC)COP(=O)(O)OCC(O)COP(=O)(O)OCC(COC(=O)CCCCCC/C=C\C/C=C\C/C=C\C/C=C\CC)OC(=O)CCCCCCCCCCCCC. The van der Waals surface area contributed by atoms with Crippen LogP contribution in [0.2, 0.25) is 0 Å². The Morgan fingerprint density at radius 2 is 0.510 bits per heavy atom. The van der Waals surface area contributed by atoms with E-state index < -0.39 is 97.5 Å². The van der Waals surface area contributed by atoms with Gasteiger partial charge < -0.3 is 33.8 Å². The van der Waals surface area contributed by atoms with Crippen LogP contribution in [0, 0.1) is 0 Å². The summed E-state index contributed by atoms with van der Waals surface area (Å²) in [6, 6.07) is 0. The summed E-state index contributed by atoms with van der Waals surface area (Å²) in [5, 5.41) is 10.6. The highest BCUT2D eigenvalue weighted by Crippen LogP contribution is 2.45. The van der Waals surface area contributed by atoms with Crippen LogP contribution in [0.25, 0.3) is 0 Å². The van der Waals surface area contributed by atoms with Crippen molar-refractivity contribution in [2.24, 2.45) is 0 Å². The van der Waals surface area contributed by atoms with E-state index in [0.29, 0.717) is 32.1 Å². The molecule has 0 rings (SSSR count). The van der Waals surface area contributed by atoms with E-state index in [4.69, 9.17) is 37.0 Å². The van der Waals surface area contributed by atoms with E-state index >= 15 is 0 Å². The lowest BCUT2D eigenvalue weighted by Crippen LogP contribution is -2.30. The highest BCUT2D eigenvalue weighted by molar-refractivity contribution is 7.47. The fourth-order valence-corrected chi connectivity index (χ4v) is 11.6. The summed E-state index contributed by atoms with van der Waals surface area (Å²) in [5.41, 5.74) is 0. The van der Waals surface area contributed by atoms with Gasteiger partial charge in [0.05, 0.1) is 26.4 Å². The molecule has 0 radical (unpaired) electrons. The number of esters is 4. The average Bonchev–Trinajstić information content (AvgIpc) is 0.908. The van der Waals surface area contributed by atoms with Gasteiger partial charge in [0, 0.05) is 25.7 Å². The second-order valence-corrected chi connectivity index (χ2v) is 28.8. The lowest BCUT2D eigenvalue weighted by Gasteiger charge is -2.21. The summed E-state index contributed by atoms with van der Waals surface area (Å²) in [4.78, 5) is 73.0. The standard InChI is InChI=1S/C85H140O17P2/c1-5-9-13-17-21-25-29-32-35-38-39-42-44-47-51-54-58-62-66-70-83(88)96-76-81(102-85(90)72-68-64-60-56-52-48-45-41-37-34-31-27-23-19-15-11-7-3)78-100-104(93,94)98-74-79(86)73-97-103(91,92)99-77-80(101-84(89)71-67-63-59-55-49-28-24-20-16-12-8-4)75-95-82(87)69-65-61-57-53-50-46-43-40-36-33-30-26-22-18-14-10-6-2/h9-11,13-15,21-23,25-27,32-37,39,42-43,45-46,48,56,60,79-81,86H,5-8,12,16-20,24,28-31,38,40-41,44,47,49-55,57-59,61-78H2,1-4H3,(H,91,92)(H,93,94)/b13-9-,14-10-,15-11-,25-21-,26-22-,27-23-,35-32-,36-33-,37-34-,42-39-,46-43-,48-45-,60-56-. The van der Waals surface area contributed by atoms with Gasteiger partial charge in [0.2, 0.25) is 0 Å². The monoisotopic (exact) mass is 1490 g/mol. The number of phosphoric ester groups is 2. The lowest BCUT2D eigenvalue weighted by atomic mass is 10.1. The van der Waals surface area contributed by atoms with E-state index in [1.807, 2.05) is 12.2 Å². The molecule has 0 aromatic carbocycles. The zero-order chi connectivity index (χ0) is 76.0. The van der Waals surface area contributed by atoms with Crippen molar-refractivity contribution in [2.75, 3.05) is 39.6 Å². The smallest absolute Gasteiger partial charge is 0.462 e. The summed E-state index contributed by atoms with van der Waals surface area (Å²) < 4.78 is 68.5. The molecule has 104 heavy (non-hydrogen) atoms. The average molecular weight is 1500 g/mol. The van der Waals surface area contributed by atoms with Crippen LogP contribution in [0.1, 0.15) is 297 Å². The van der Waals surface area contributed by atoms with E-state index in [9.17, 15) is 43.2 Å².